The summed E-state index contributed by atoms with van der Waals surface area (Å²) in [5.74, 6) is 0.646. The fourth-order valence-corrected chi connectivity index (χ4v) is 2.33. The molecule has 4 nitrogen and oxygen atoms in total. The SMILES string of the molecule is CS(=O)(=O)OCC12CC(CO1)C2. The maximum Gasteiger partial charge on any atom is 0.264 e. The molecular formula is C7H12O4S. The Balaban J connectivity index is 1.88. The van der Waals surface area contributed by atoms with Gasteiger partial charge >= 0.3 is 0 Å². The van der Waals surface area contributed by atoms with Crippen molar-refractivity contribution in [1.29, 1.82) is 0 Å². The standard InChI is InChI=1S/C7H12O4S/c1-12(8,9)11-5-7-2-6(3-7)4-10-7/h6H,2-5H2,1H3. The summed E-state index contributed by atoms with van der Waals surface area (Å²) in [6, 6.07) is 0. The quantitative estimate of drug-likeness (QED) is 0.597. The summed E-state index contributed by atoms with van der Waals surface area (Å²) in [7, 11) is -3.31. The average molecular weight is 192 g/mol. The normalized spacial score (nSPS) is 39.6. The number of hydrogen-bond donors (Lipinski definition) is 0. The maximum atomic E-state index is 10.7. The molecule has 2 bridgehead atoms. The summed E-state index contributed by atoms with van der Waals surface area (Å²) >= 11 is 0. The molecule has 2 heterocycles. The number of hydrogen-bond acceptors (Lipinski definition) is 4. The van der Waals surface area contributed by atoms with E-state index in [4.69, 9.17) is 8.92 Å². The second-order valence-corrected chi connectivity index (χ2v) is 5.38. The molecular weight excluding hydrogens is 180 g/mol. The summed E-state index contributed by atoms with van der Waals surface area (Å²) in [6.07, 6.45) is 2.99. The van der Waals surface area contributed by atoms with Crippen molar-refractivity contribution in [2.75, 3.05) is 19.5 Å². The van der Waals surface area contributed by atoms with Gasteiger partial charge in [-0.2, -0.15) is 8.42 Å². The highest BCUT2D eigenvalue weighted by Gasteiger charge is 2.52. The van der Waals surface area contributed by atoms with Crippen LogP contribution in [0.3, 0.4) is 0 Å². The molecule has 0 N–H and O–H groups in total. The van der Waals surface area contributed by atoms with E-state index in [1.165, 1.54) is 0 Å². The van der Waals surface area contributed by atoms with Gasteiger partial charge in [0.1, 0.15) is 0 Å². The Labute approximate surface area is 72.0 Å². The molecule has 0 aromatic heterocycles. The highest BCUT2D eigenvalue weighted by Crippen LogP contribution is 2.48. The molecule has 0 aromatic carbocycles. The number of ether oxygens (including phenoxy) is 1. The zero-order valence-corrected chi connectivity index (χ0v) is 7.76. The van der Waals surface area contributed by atoms with Crippen molar-refractivity contribution >= 4 is 10.1 Å². The van der Waals surface area contributed by atoms with Gasteiger partial charge in [0.05, 0.1) is 25.1 Å². The molecule has 1 aliphatic carbocycles. The van der Waals surface area contributed by atoms with Crippen LogP contribution in [-0.4, -0.2) is 33.5 Å². The minimum absolute atomic E-state index is 0.197. The van der Waals surface area contributed by atoms with Crippen LogP contribution >= 0.6 is 0 Å². The van der Waals surface area contributed by atoms with E-state index in [-0.39, 0.29) is 12.2 Å². The van der Waals surface area contributed by atoms with E-state index in [9.17, 15) is 8.42 Å². The summed E-state index contributed by atoms with van der Waals surface area (Å²) in [5.41, 5.74) is -0.256. The Hall–Kier alpha value is -0.130. The molecule has 0 aromatic rings. The van der Waals surface area contributed by atoms with E-state index < -0.39 is 10.1 Å². The van der Waals surface area contributed by atoms with Crippen LogP contribution in [0.15, 0.2) is 0 Å². The van der Waals surface area contributed by atoms with Crippen molar-refractivity contribution in [3.63, 3.8) is 0 Å². The topological polar surface area (TPSA) is 52.6 Å². The van der Waals surface area contributed by atoms with Crippen molar-refractivity contribution in [1.82, 2.24) is 0 Å². The number of rotatable bonds is 3. The Kier molecular flexibility index (Phi) is 1.72. The highest BCUT2D eigenvalue weighted by molar-refractivity contribution is 7.85. The smallest absolute Gasteiger partial charge is 0.264 e. The molecule has 2 saturated heterocycles. The van der Waals surface area contributed by atoms with Crippen molar-refractivity contribution in [2.24, 2.45) is 5.92 Å². The predicted molar refractivity (Wildman–Crippen MR) is 42.2 cm³/mol. The molecule has 3 fully saturated rings. The number of fused-ring (bicyclic) bond motifs is 1. The van der Waals surface area contributed by atoms with Crippen molar-refractivity contribution in [3.8, 4) is 0 Å². The van der Waals surface area contributed by atoms with E-state index >= 15 is 0 Å². The lowest BCUT2D eigenvalue weighted by molar-refractivity contribution is -0.0339. The first-order valence-corrected chi connectivity index (χ1v) is 5.79. The minimum Gasteiger partial charge on any atom is -0.372 e. The zero-order chi connectivity index (χ0) is 8.82. The van der Waals surface area contributed by atoms with Crippen molar-refractivity contribution < 1.29 is 17.3 Å². The molecule has 3 aliphatic rings. The second-order valence-electron chi connectivity index (χ2n) is 3.73. The van der Waals surface area contributed by atoms with E-state index in [1.54, 1.807) is 0 Å². The van der Waals surface area contributed by atoms with Crippen LogP contribution in [0, 0.1) is 5.92 Å². The molecule has 3 rings (SSSR count). The van der Waals surface area contributed by atoms with Gasteiger partial charge in [-0.25, -0.2) is 0 Å². The Morgan fingerprint density at radius 1 is 1.58 bits per heavy atom. The molecule has 70 valence electrons. The van der Waals surface area contributed by atoms with Gasteiger partial charge in [0, 0.05) is 0 Å². The lowest BCUT2D eigenvalue weighted by Gasteiger charge is -2.34. The molecule has 5 heteroatoms. The predicted octanol–water partition coefficient (Wildman–Crippen LogP) is 0.142. The van der Waals surface area contributed by atoms with Gasteiger partial charge in [0.2, 0.25) is 0 Å². The fraction of sp³-hybridized carbons (Fsp3) is 1.00. The third kappa shape index (κ3) is 1.48. The van der Waals surface area contributed by atoms with Crippen LogP contribution in [0.5, 0.6) is 0 Å². The molecule has 1 saturated carbocycles. The van der Waals surface area contributed by atoms with Gasteiger partial charge in [-0.1, -0.05) is 0 Å². The Morgan fingerprint density at radius 3 is 2.67 bits per heavy atom. The summed E-state index contributed by atoms with van der Waals surface area (Å²) in [6.45, 7) is 0.968. The van der Waals surface area contributed by atoms with Gasteiger partial charge in [0.25, 0.3) is 10.1 Å². The molecule has 0 radical (unpaired) electrons. The fourth-order valence-electron chi connectivity index (χ4n) is 1.90. The van der Waals surface area contributed by atoms with E-state index in [0.29, 0.717) is 5.92 Å². The Bertz CT molecular complexity index is 270. The third-order valence-corrected chi connectivity index (χ3v) is 3.03. The monoisotopic (exact) mass is 192 g/mol. The van der Waals surface area contributed by atoms with Gasteiger partial charge in [-0.15, -0.1) is 0 Å². The van der Waals surface area contributed by atoms with E-state index in [2.05, 4.69) is 0 Å². The second kappa shape index (κ2) is 2.43. The third-order valence-electron chi connectivity index (χ3n) is 2.48. The van der Waals surface area contributed by atoms with E-state index in [0.717, 1.165) is 25.7 Å². The average Bonchev–Trinajstić information content (AvgIpc) is 2.36. The van der Waals surface area contributed by atoms with Gasteiger partial charge < -0.3 is 4.74 Å². The van der Waals surface area contributed by atoms with Crippen LogP contribution in [-0.2, 0) is 19.0 Å². The lowest BCUT2D eigenvalue weighted by atomic mass is 9.75. The van der Waals surface area contributed by atoms with Crippen LogP contribution < -0.4 is 0 Å². The van der Waals surface area contributed by atoms with Crippen LogP contribution in [0.2, 0.25) is 0 Å². The Morgan fingerprint density at radius 2 is 2.25 bits per heavy atom. The summed E-state index contributed by atoms with van der Waals surface area (Å²) in [4.78, 5) is 0. The first-order chi connectivity index (χ1) is 5.49. The van der Waals surface area contributed by atoms with Gasteiger partial charge in [-0.05, 0) is 18.8 Å². The molecule has 0 spiro atoms. The zero-order valence-electron chi connectivity index (χ0n) is 6.95. The molecule has 2 aliphatic heterocycles. The van der Waals surface area contributed by atoms with E-state index in [1.807, 2.05) is 0 Å². The van der Waals surface area contributed by atoms with Crippen molar-refractivity contribution in [3.05, 3.63) is 0 Å². The summed E-state index contributed by atoms with van der Waals surface area (Å²) in [5, 5.41) is 0. The highest BCUT2D eigenvalue weighted by atomic mass is 32.2. The summed E-state index contributed by atoms with van der Waals surface area (Å²) < 4.78 is 31.5. The first-order valence-electron chi connectivity index (χ1n) is 3.98. The van der Waals surface area contributed by atoms with Gasteiger partial charge in [-0.3, -0.25) is 4.18 Å². The van der Waals surface area contributed by atoms with Crippen molar-refractivity contribution in [2.45, 2.75) is 18.4 Å². The molecule has 12 heavy (non-hydrogen) atoms. The van der Waals surface area contributed by atoms with Gasteiger partial charge in [0.15, 0.2) is 0 Å². The molecule has 0 atom stereocenters. The van der Waals surface area contributed by atoms with Crippen LogP contribution in [0.4, 0.5) is 0 Å². The maximum absolute atomic E-state index is 10.7. The minimum atomic E-state index is -3.31. The molecule has 0 unspecified atom stereocenters. The van der Waals surface area contributed by atoms with Crippen LogP contribution in [0.25, 0.3) is 0 Å². The van der Waals surface area contributed by atoms with Crippen LogP contribution in [0.1, 0.15) is 12.8 Å². The lowest BCUT2D eigenvalue weighted by Crippen LogP contribution is -2.41. The first kappa shape index (κ1) is 8.47. The molecule has 0 amide bonds. The largest absolute Gasteiger partial charge is 0.372 e.